The van der Waals surface area contributed by atoms with Crippen LogP contribution in [-0.2, 0) is 22.4 Å². The van der Waals surface area contributed by atoms with Gasteiger partial charge in [0.2, 0.25) is 11.8 Å². The molecule has 3 rings (SSSR count). The van der Waals surface area contributed by atoms with E-state index in [0.717, 1.165) is 29.1 Å². The maximum atomic E-state index is 12.1. The topological polar surface area (TPSA) is 71.1 Å². The minimum absolute atomic E-state index is 0.0182. The van der Waals surface area contributed by atoms with Gasteiger partial charge in [-0.3, -0.25) is 9.59 Å². The highest BCUT2D eigenvalue weighted by molar-refractivity contribution is 7.09. The zero-order valence-corrected chi connectivity index (χ0v) is 17.5. The summed E-state index contributed by atoms with van der Waals surface area (Å²) in [7, 11) is 0. The second-order valence-corrected chi connectivity index (χ2v) is 8.60. The molecule has 1 aromatic carbocycles. The summed E-state index contributed by atoms with van der Waals surface area (Å²) in [5.74, 6) is -0.0882. The van der Waals surface area contributed by atoms with Crippen molar-refractivity contribution in [2.24, 2.45) is 0 Å². The van der Waals surface area contributed by atoms with Crippen LogP contribution in [0.25, 0.3) is 0 Å². The van der Waals surface area contributed by atoms with E-state index in [4.69, 9.17) is 11.6 Å². The van der Waals surface area contributed by atoms with E-state index in [1.807, 2.05) is 29.6 Å². The lowest BCUT2D eigenvalue weighted by Gasteiger charge is -2.22. The largest absolute Gasteiger partial charge is 0.355 e. The van der Waals surface area contributed by atoms with Crippen LogP contribution in [-0.4, -0.2) is 29.4 Å². The van der Waals surface area contributed by atoms with Gasteiger partial charge in [-0.25, -0.2) is 4.98 Å². The van der Waals surface area contributed by atoms with E-state index in [0.29, 0.717) is 30.5 Å². The van der Waals surface area contributed by atoms with Crippen LogP contribution in [0.4, 0.5) is 0 Å². The van der Waals surface area contributed by atoms with Crippen LogP contribution in [0, 0.1) is 0 Å². The number of halogens is 1. The van der Waals surface area contributed by atoms with Crippen molar-refractivity contribution in [1.29, 1.82) is 0 Å². The Kier molecular flexibility index (Phi) is 7.86. The van der Waals surface area contributed by atoms with E-state index in [1.165, 1.54) is 19.3 Å². The summed E-state index contributed by atoms with van der Waals surface area (Å²) < 4.78 is 0. The first kappa shape index (κ1) is 20.8. The molecule has 0 spiro atoms. The number of nitrogens with zero attached hydrogens (tertiary/aromatic N) is 1. The van der Waals surface area contributed by atoms with Gasteiger partial charge in [-0.15, -0.1) is 11.3 Å². The van der Waals surface area contributed by atoms with Crippen molar-refractivity contribution in [1.82, 2.24) is 15.6 Å². The molecule has 1 aliphatic carbocycles. The molecule has 0 saturated heterocycles. The summed E-state index contributed by atoms with van der Waals surface area (Å²) in [6.07, 6.45) is 7.03. The maximum Gasteiger partial charge on any atom is 0.226 e. The monoisotopic (exact) mass is 419 g/mol. The van der Waals surface area contributed by atoms with Crippen LogP contribution in [0.3, 0.4) is 0 Å². The van der Waals surface area contributed by atoms with Crippen LogP contribution >= 0.6 is 22.9 Å². The molecule has 1 fully saturated rings. The van der Waals surface area contributed by atoms with Gasteiger partial charge in [0, 0.05) is 35.8 Å². The number of carbonyl (C=O) groups excluding carboxylic acids is 2. The van der Waals surface area contributed by atoms with E-state index < -0.39 is 0 Å². The molecule has 1 aromatic heterocycles. The van der Waals surface area contributed by atoms with E-state index in [1.54, 1.807) is 11.3 Å². The minimum atomic E-state index is -0.106. The van der Waals surface area contributed by atoms with Crippen LogP contribution in [0.15, 0.2) is 29.6 Å². The lowest BCUT2D eigenvalue weighted by Crippen LogP contribution is -2.38. The number of benzene rings is 1. The summed E-state index contributed by atoms with van der Waals surface area (Å²) in [5, 5.41) is 9.45. The van der Waals surface area contributed by atoms with Gasteiger partial charge in [0.05, 0.1) is 17.1 Å². The van der Waals surface area contributed by atoms with Gasteiger partial charge < -0.3 is 10.6 Å². The number of rotatable bonds is 8. The quantitative estimate of drug-likeness (QED) is 0.681. The van der Waals surface area contributed by atoms with Crippen molar-refractivity contribution in [2.75, 3.05) is 6.54 Å². The SMILES string of the molecule is O=C(Cc1csc(Cc2cccc(Cl)c2)n1)NCCC(=O)NC1CCCCC1. The Bertz CT molecular complexity index is 802. The zero-order chi connectivity index (χ0) is 19.8. The molecule has 0 unspecified atom stereocenters. The molecular weight excluding hydrogens is 394 g/mol. The molecule has 2 amide bonds. The molecule has 150 valence electrons. The fourth-order valence-electron chi connectivity index (χ4n) is 3.42. The van der Waals surface area contributed by atoms with E-state index >= 15 is 0 Å². The average Bonchev–Trinajstić information content (AvgIpc) is 3.09. The Balaban J connectivity index is 1.36. The highest BCUT2D eigenvalue weighted by Gasteiger charge is 2.15. The molecule has 2 aromatic rings. The summed E-state index contributed by atoms with van der Waals surface area (Å²) in [5.41, 5.74) is 1.85. The Hall–Kier alpha value is -1.92. The first-order valence-corrected chi connectivity index (χ1v) is 11.1. The lowest BCUT2D eigenvalue weighted by molar-refractivity contribution is -0.122. The molecule has 2 N–H and O–H groups in total. The van der Waals surface area contributed by atoms with Crippen LogP contribution < -0.4 is 10.6 Å². The van der Waals surface area contributed by atoms with Gasteiger partial charge in [-0.1, -0.05) is 43.0 Å². The van der Waals surface area contributed by atoms with Crippen LogP contribution in [0.5, 0.6) is 0 Å². The number of thiazole rings is 1. The number of aromatic nitrogens is 1. The Morgan fingerprint density at radius 3 is 2.79 bits per heavy atom. The second kappa shape index (κ2) is 10.6. The number of hydrogen-bond donors (Lipinski definition) is 2. The molecule has 7 heteroatoms. The van der Waals surface area contributed by atoms with Gasteiger partial charge in [0.15, 0.2) is 0 Å². The van der Waals surface area contributed by atoms with E-state index in [2.05, 4.69) is 15.6 Å². The number of carbonyl (C=O) groups is 2. The van der Waals surface area contributed by atoms with Crippen molar-refractivity contribution in [3.8, 4) is 0 Å². The Labute approximate surface area is 174 Å². The number of hydrogen-bond acceptors (Lipinski definition) is 4. The number of nitrogens with one attached hydrogen (secondary N) is 2. The highest BCUT2D eigenvalue weighted by atomic mass is 35.5. The van der Waals surface area contributed by atoms with Gasteiger partial charge in [-0.2, -0.15) is 0 Å². The predicted molar refractivity (Wildman–Crippen MR) is 113 cm³/mol. The van der Waals surface area contributed by atoms with Crippen molar-refractivity contribution < 1.29 is 9.59 Å². The van der Waals surface area contributed by atoms with Gasteiger partial charge in [0.25, 0.3) is 0 Å². The highest BCUT2D eigenvalue weighted by Crippen LogP contribution is 2.18. The zero-order valence-electron chi connectivity index (χ0n) is 15.9. The first-order valence-electron chi connectivity index (χ1n) is 9.82. The summed E-state index contributed by atoms with van der Waals surface area (Å²) >= 11 is 7.55. The van der Waals surface area contributed by atoms with E-state index in [-0.39, 0.29) is 18.2 Å². The standard InChI is InChI=1S/C21H26ClN3O2S/c22-16-6-4-5-15(11-16)12-21-25-18(14-28-21)13-20(27)23-10-9-19(26)24-17-7-2-1-3-8-17/h4-6,11,14,17H,1-3,7-10,12-13H2,(H,23,27)(H,24,26). The van der Waals surface area contributed by atoms with Gasteiger partial charge >= 0.3 is 0 Å². The molecule has 28 heavy (non-hydrogen) atoms. The summed E-state index contributed by atoms with van der Waals surface area (Å²) in [6, 6.07) is 8.01. The number of amides is 2. The molecule has 5 nitrogen and oxygen atoms in total. The first-order chi connectivity index (χ1) is 13.6. The molecule has 0 radical (unpaired) electrons. The normalized spacial score (nSPS) is 14.6. The Morgan fingerprint density at radius 2 is 2.00 bits per heavy atom. The van der Waals surface area contributed by atoms with Gasteiger partial charge in [-0.05, 0) is 30.5 Å². The smallest absolute Gasteiger partial charge is 0.226 e. The van der Waals surface area contributed by atoms with Crippen molar-refractivity contribution in [3.63, 3.8) is 0 Å². The molecular formula is C21H26ClN3O2S. The summed E-state index contributed by atoms with van der Waals surface area (Å²) in [4.78, 5) is 28.6. The fourth-order valence-corrected chi connectivity index (χ4v) is 4.46. The third kappa shape index (κ3) is 6.91. The minimum Gasteiger partial charge on any atom is -0.355 e. The molecule has 1 heterocycles. The maximum absolute atomic E-state index is 12.1. The molecule has 0 atom stereocenters. The van der Waals surface area contributed by atoms with E-state index in [9.17, 15) is 9.59 Å². The molecule has 1 aliphatic rings. The Morgan fingerprint density at radius 1 is 1.18 bits per heavy atom. The van der Waals surface area contributed by atoms with Crippen molar-refractivity contribution in [2.45, 2.75) is 57.4 Å². The molecule has 0 bridgehead atoms. The fraction of sp³-hybridized carbons (Fsp3) is 0.476. The van der Waals surface area contributed by atoms with Crippen molar-refractivity contribution in [3.05, 3.63) is 50.9 Å². The predicted octanol–water partition coefficient (Wildman–Crippen LogP) is 3.89. The molecule has 0 aliphatic heterocycles. The second-order valence-electron chi connectivity index (χ2n) is 7.22. The molecule has 1 saturated carbocycles. The lowest BCUT2D eigenvalue weighted by atomic mass is 9.95. The van der Waals surface area contributed by atoms with Gasteiger partial charge in [0.1, 0.15) is 0 Å². The van der Waals surface area contributed by atoms with Crippen molar-refractivity contribution >= 4 is 34.8 Å². The van der Waals surface area contributed by atoms with Crippen LogP contribution in [0.1, 0.15) is 54.8 Å². The summed E-state index contributed by atoms with van der Waals surface area (Å²) in [6.45, 7) is 0.358. The third-order valence-electron chi connectivity index (χ3n) is 4.83. The third-order valence-corrected chi connectivity index (χ3v) is 5.96. The van der Waals surface area contributed by atoms with Crippen LogP contribution in [0.2, 0.25) is 5.02 Å². The average molecular weight is 420 g/mol.